The topological polar surface area (TPSA) is 38.8 Å². The van der Waals surface area contributed by atoms with Gasteiger partial charge in [0, 0.05) is 5.70 Å². The Morgan fingerprint density at radius 2 is 1.86 bits per heavy atom. The minimum Gasteiger partial charge on any atom is -0.493 e. The molecule has 4 rings (SSSR count). The molecule has 0 N–H and O–H groups in total. The summed E-state index contributed by atoms with van der Waals surface area (Å²) in [7, 11) is 3.24. The number of hydrogen-bond donors (Lipinski definition) is 0. The van der Waals surface area contributed by atoms with Gasteiger partial charge in [0.15, 0.2) is 11.5 Å². The first-order valence-corrected chi connectivity index (χ1v) is 9.98. The fourth-order valence-corrected chi connectivity index (χ4v) is 4.95. The molecule has 146 valence electrons. The largest absolute Gasteiger partial charge is 0.493 e. The van der Waals surface area contributed by atoms with Gasteiger partial charge in [-0.05, 0) is 42.5 Å². The maximum atomic E-state index is 13.2. The van der Waals surface area contributed by atoms with Gasteiger partial charge < -0.3 is 14.4 Å². The van der Waals surface area contributed by atoms with Crippen LogP contribution >= 0.6 is 11.6 Å². The lowest BCUT2D eigenvalue weighted by Gasteiger charge is -2.37. The van der Waals surface area contributed by atoms with Crippen LogP contribution in [0.15, 0.2) is 60.3 Å². The maximum Gasteiger partial charge on any atom is 0.246 e. The van der Waals surface area contributed by atoms with Gasteiger partial charge in [-0.1, -0.05) is 42.5 Å². The molecule has 1 aliphatic heterocycles. The fraction of sp³-hybridized carbons (Fsp3) is 0.348. The van der Waals surface area contributed by atoms with Crippen molar-refractivity contribution >= 4 is 17.5 Å². The number of fused-ring (bicyclic) bond motifs is 1. The van der Waals surface area contributed by atoms with E-state index in [9.17, 15) is 4.79 Å². The lowest BCUT2D eigenvalue weighted by molar-refractivity contribution is -0.127. The number of carbonyl (C=O) groups excluding carboxylic acids is 1. The van der Waals surface area contributed by atoms with Gasteiger partial charge in [0.2, 0.25) is 5.91 Å². The van der Waals surface area contributed by atoms with E-state index in [0.29, 0.717) is 18.0 Å². The number of likely N-dealkylation sites (tertiary alicyclic amines) is 1. The minimum absolute atomic E-state index is 0.0338. The minimum atomic E-state index is -0.638. The molecule has 28 heavy (non-hydrogen) atoms. The van der Waals surface area contributed by atoms with Crippen molar-refractivity contribution in [3.05, 3.63) is 71.4 Å². The molecule has 0 saturated carbocycles. The fourth-order valence-electron chi connectivity index (χ4n) is 4.49. The number of alkyl halides is 1. The lowest BCUT2D eigenvalue weighted by Crippen LogP contribution is -2.37. The van der Waals surface area contributed by atoms with Crippen molar-refractivity contribution in [2.75, 3.05) is 14.2 Å². The number of ether oxygens (including phenoxy) is 2. The summed E-state index contributed by atoms with van der Waals surface area (Å²) in [4.78, 5) is 15.1. The summed E-state index contributed by atoms with van der Waals surface area (Å²) in [5.41, 5.74) is 2.57. The van der Waals surface area contributed by atoms with Crippen LogP contribution < -0.4 is 9.47 Å². The summed E-state index contributed by atoms with van der Waals surface area (Å²) in [6.45, 7) is 0.532. The molecular formula is C23H24ClNO3. The molecule has 2 atom stereocenters. The van der Waals surface area contributed by atoms with E-state index in [-0.39, 0.29) is 5.91 Å². The highest BCUT2D eigenvalue weighted by Crippen LogP contribution is 2.53. The average molecular weight is 398 g/mol. The predicted octanol–water partition coefficient (Wildman–Crippen LogP) is 4.66. The van der Waals surface area contributed by atoms with Gasteiger partial charge >= 0.3 is 0 Å². The molecular weight excluding hydrogens is 374 g/mol. The first-order chi connectivity index (χ1) is 13.6. The van der Waals surface area contributed by atoms with Gasteiger partial charge in [0.25, 0.3) is 0 Å². The molecule has 2 aromatic carbocycles. The second-order valence-electron chi connectivity index (χ2n) is 7.30. The van der Waals surface area contributed by atoms with Crippen LogP contribution in [0.2, 0.25) is 0 Å². The molecule has 0 bridgehead atoms. The first kappa shape index (κ1) is 18.9. The highest BCUT2D eigenvalue weighted by molar-refractivity contribution is 6.33. The third kappa shape index (κ3) is 2.87. The van der Waals surface area contributed by atoms with Crippen LogP contribution in [-0.4, -0.2) is 30.4 Å². The Morgan fingerprint density at radius 1 is 1.11 bits per heavy atom. The molecule has 1 saturated heterocycles. The van der Waals surface area contributed by atoms with Crippen molar-refractivity contribution in [1.29, 1.82) is 0 Å². The number of amides is 1. The van der Waals surface area contributed by atoms with Gasteiger partial charge in [-0.25, -0.2) is 0 Å². The molecule has 0 radical (unpaired) electrons. The third-order valence-electron chi connectivity index (χ3n) is 5.86. The quantitative estimate of drug-likeness (QED) is 0.689. The van der Waals surface area contributed by atoms with Gasteiger partial charge in [0.1, 0.15) is 5.38 Å². The van der Waals surface area contributed by atoms with Crippen LogP contribution in [-0.2, 0) is 16.8 Å². The first-order valence-electron chi connectivity index (χ1n) is 9.54. The Kier molecular flexibility index (Phi) is 5.07. The van der Waals surface area contributed by atoms with E-state index in [1.165, 1.54) is 0 Å². The molecule has 1 fully saturated rings. The number of allylic oxidation sites excluding steroid dienone is 2. The Balaban J connectivity index is 1.80. The third-order valence-corrected chi connectivity index (χ3v) is 6.42. The SMILES string of the molecule is COc1ccc(C23CCCC=C2N(Cc2ccccc2)C(=O)C3Cl)cc1OC. The molecule has 1 amide bonds. The summed E-state index contributed by atoms with van der Waals surface area (Å²) >= 11 is 6.85. The normalized spacial score (nSPS) is 24.0. The molecule has 2 aliphatic rings. The number of carbonyl (C=O) groups is 1. The van der Waals surface area contributed by atoms with Gasteiger partial charge in [0.05, 0.1) is 26.2 Å². The number of hydrogen-bond acceptors (Lipinski definition) is 3. The summed E-state index contributed by atoms with van der Waals surface area (Å²) in [6.07, 6.45) is 4.96. The van der Waals surface area contributed by atoms with Crippen molar-refractivity contribution in [3.63, 3.8) is 0 Å². The van der Waals surface area contributed by atoms with Gasteiger partial charge in [-0.3, -0.25) is 4.79 Å². The zero-order valence-electron chi connectivity index (χ0n) is 16.2. The maximum absolute atomic E-state index is 13.2. The Morgan fingerprint density at radius 3 is 2.57 bits per heavy atom. The highest BCUT2D eigenvalue weighted by atomic mass is 35.5. The van der Waals surface area contributed by atoms with E-state index >= 15 is 0 Å². The summed E-state index contributed by atoms with van der Waals surface area (Å²) in [6, 6.07) is 15.9. The number of nitrogens with zero attached hydrogens (tertiary/aromatic N) is 1. The van der Waals surface area contributed by atoms with Crippen LogP contribution in [0, 0.1) is 0 Å². The second-order valence-corrected chi connectivity index (χ2v) is 7.73. The monoisotopic (exact) mass is 397 g/mol. The van der Waals surface area contributed by atoms with Crippen LogP contribution in [0.4, 0.5) is 0 Å². The number of rotatable bonds is 5. The van der Waals surface area contributed by atoms with E-state index in [2.05, 4.69) is 6.08 Å². The van der Waals surface area contributed by atoms with Gasteiger partial charge in [-0.2, -0.15) is 0 Å². The van der Waals surface area contributed by atoms with Crippen LogP contribution in [0.1, 0.15) is 30.4 Å². The summed E-state index contributed by atoms with van der Waals surface area (Å²) in [5.74, 6) is 1.28. The molecule has 4 nitrogen and oxygen atoms in total. The number of halogens is 1. The van der Waals surface area contributed by atoms with Crippen molar-refractivity contribution in [2.24, 2.45) is 0 Å². The van der Waals surface area contributed by atoms with E-state index in [4.69, 9.17) is 21.1 Å². The van der Waals surface area contributed by atoms with Crippen molar-refractivity contribution in [3.8, 4) is 11.5 Å². The van der Waals surface area contributed by atoms with Crippen LogP contribution in [0.3, 0.4) is 0 Å². The van der Waals surface area contributed by atoms with E-state index in [0.717, 1.165) is 36.1 Å². The van der Waals surface area contributed by atoms with Crippen molar-refractivity contribution < 1.29 is 14.3 Å². The molecule has 2 unspecified atom stereocenters. The van der Waals surface area contributed by atoms with E-state index < -0.39 is 10.8 Å². The Labute approximate surface area is 170 Å². The summed E-state index contributed by atoms with van der Waals surface area (Å²) in [5, 5.41) is -0.638. The van der Waals surface area contributed by atoms with Crippen molar-refractivity contribution in [1.82, 2.24) is 4.90 Å². The zero-order chi connectivity index (χ0) is 19.7. The molecule has 1 aliphatic carbocycles. The number of benzene rings is 2. The standard InChI is InChI=1S/C23H24ClNO3/c1-27-18-12-11-17(14-19(18)28-2)23-13-7-6-10-20(23)25(22(26)21(23)24)15-16-8-4-3-5-9-16/h3-5,8-12,14,21H,6-7,13,15H2,1-2H3. The molecule has 5 heteroatoms. The van der Waals surface area contributed by atoms with Crippen molar-refractivity contribution in [2.45, 2.75) is 36.6 Å². The van der Waals surface area contributed by atoms with E-state index in [1.54, 1.807) is 14.2 Å². The summed E-state index contributed by atoms with van der Waals surface area (Å²) < 4.78 is 10.9. The zero-order valence-corrected chi connectivity index (χ0v) is 16.9. The molecule has 0 spiro atoms. The smallest absolute Gasteiger partial charge is 0.246 e. The highest BCUT2D eigenvalue weighted by Gasteiger charge is 2.56. The molecule has 2 aromatic rings. The van der Waals surface area contributed by atoms with Gasteiger partial charge in [-0.15, -0.1) is 11.6 Å². The van der Waals surface area contributed by atoms with E-state index in [1.807, 2.05) is 53.4 Å². The Hall–Kier alpha value is -2.46. The molecule has 0 aromatic heterocycles. The predicted molar refractivity (Wildman–Crippen MR) is 110 cm³/mol. The number of methoxy groups -OCH3 is 2. The molecule has 1 heterocycles. The Bertz CT molecular complexity index is 911. The van der Waals surface area contributed by atoms with Crippen LogP contribution in [0.25, 0.3) is 0 Å². The lowest BCUT2D eigenvalue weighted by atomic mass is 9.70. The van der Waals surface area contributed by atoms with Crippen LogP contribution in [0.5, 0.6) is 11.5 Å². The second kappa shape index (κ2) is 7.51. The average Bonchev–Trinajstić information content (AvgIpc) is 2.97.